The number of primary amides is 1. The van der Waals surface area contributed by atoms with Crippen LogP contribution in [0.1, 0.15) is 17.3 Å². The van der Waals surface area contributed by atoms with Gasteiger partial charge < -0.3 is 20.9 Å². The second kappa shape index (κ2) is 4.85. The van der Waals surface area contributed by atoms with Gasteiger partial charge in [-0.15, -0.1) is 0 Å². The van der Waals surface area contributed by atoms with Gasteiger partial charge in [-0.2, -0.15) is 0 Å². The summed E-state index contributed by atoms with van der Waals surface area (Å²) in [5.41, 5.74) is 4.47. The molecule has 0 saturated carbocycles. The van der Waals surface area contributed by atoms with Gasteiger partial charge in [0.25, 0.3) is 0 Å². The van der Waals surface area contributed by atoms with Crippen molar-refractivity contribution in [1.29, 1.82) is 0 Å². The smallest absolute Gasteiger partial charge is 0.313 e. The summed E-state index contributed by atoms with van der Waals surface area (Å²) in [6.07, 6.45) is 1.44. The summed E-state index contributed by atoms with van der Waals surface area (Å²) in [6.45, 7) is 2.01. The van der Waals surface area contributed by atoms with Crippen molar-refractivity contribution in [3.8, 4) is 0 Å². The number of pyridine rings is 1. The summed E-state index contributed by atoms with van der Waals surface area (Å²) in [7, 11) is 0. The third kappa shape index (κ3) is 2.50. The van der Waals surface area contributed by atoms with Gasteiger partial charge in [0.05, 0.1) is 19.3 Å². The summed E-state index contributed by atoms with van der Waals surface area (Å²) < 4.78 is 5.22. The van der Waals surface area contributed by atoms with E-state index in [9.17, 15) is 14.7 Å². The number of nitrogens with zero attached hydrogens (tertiary/aromatic N) is 1. The van der Waals surface area contributed by atoms with E-state index in [2.05, 4.69) is 10.3 Å². The first-order valence-electron chi connectivity index (χ1n) is 5.77. The molecule has 1 aromatic rings. The molecule has 1 amide bonds. The molecule has 0 spiro atoms. The molecule has 102 valence electrons. The molecule has 1 saturated heterocycles. The Morgan fingerprint density at radius 2 is 2.37 bits per heavy atom. The molecule has 4 N–H and O–H groups in total. The van der Waals surface area contributed by atoms with Crippen molar-refractivity contribution in [1.82, 2.24) is 4.98 Å². The average molecular weight is 265 g/mol. The molecule has 1 fully saturated rings. The van der Waals surface area contributed by atoms with Crippen LogP contribution in [-0.4, -0.2) is 41.2 Å². The van der Waals surface area contributed by atoms with Crippen molar-refractivity contribution in [3.05, 3.63) is 23.9 Å². The number of carbonyl (C=O) groups is 2. The van der Waals surface area contributed by atoms with Crippen LogP contribution in [0.2, 0.25) is 0 Å². The van der Waals surface area contributed by atoms with Crippen LogP contribution in [0.3, 0.4) is 0 Å². The fourth-order valence-electron chi connectivity index (χ4n) is 1.93. The Labute approximate surface area is 109 Å². The SMILES string of the molecule is CC1(C(=O)O)COCC1Nc1cc(C(N)=O)ccn1. The maximum atomic E-state index is 11.3. The molecule has 0 aromatic carbocycles. The summed E-state index contributed by atoms with van der Waals surface area (Å²) >= 11 is 0. The van der Waals surface area contributed by atoms with Gasteiger partial charge >= 0.3 is 5.97 Å². The van der Waals surface area contributed by atoms with Gasteiger partial charge in [0, 0.05) is 11.8 Å². The Hall–Kier alpha value is -2.15. The van der Waals surface area contributed by atoms with Crippen molar-refractivity contribution < 1.29 is 19.4 Å². The number of carbonyl (C=O) groups excluding carboxylic acids is 1. The second-order valence-corrected chi connectivity index (χ2v) is 4.73. The standard InChI is InChI=1S/C12H15N3O4/c1-12(11(17)18)6-19-5-8(12)15-9-4-7(10(13)16)2-3-14-9/h2-4,8H,5-6H2,1H3,(H2,13,16)(H,14,15)(H,17,18). The van der Waals surface area contributed by atoms with Crippen molar-refractivity contribution in [2.75, 3.05) is 18.5 Å². The van der Waals surface area contributed by atoms with E-state index in [1.54, 1.807) is 6.92 Å². The highest BCUT2D eigenvalue weighted by Crippen LogP contribution is 2.30. The quantitative estimate of drug-likeness (QED) is 0.710. The highest BCUT2D eigenvalue weighted by atomic mass is 16.5. The van der Waals surface area contributed by atoms with Crippen molar-refractivity contribution >= 4 is 17.7 Å². The largest absolute Gasteiger partial charge is 0.481 e. The summed E-state index contributed by atoms with van der Waals surface area (Å²) in [4.78, 5) is 26.4. The van der Waals surface area contributed by atoms with Crippen LogP contribution in [0.15, 0.2) is 18.3 Å². The Bertz CT molecular complexity index is 519. The molecule has 0 aliphatic carbocycles. The fraction of sp³-hybridized carbons (Fsp3) is 0.417. The Morgan fingerprint density at radius 1 is 1.63 bits per heavy atom. The lowest BCUT2D eigenvalue weighted by atomic mass is 9.85. The Morgan fingerprint density at radius 3 is 3.00 bits per heavy atom. The van der Waals surface area contributed by atoms with Crippen molar-refractivity contribution in [2.24, 2.45) is 11.1 Å². The number of nitrogens with two attached hydrogens (primary N) is 1. The molecule has 2 atom stereocenters. The minimum absolute atomic E-state index is 0.134. The minimum atomic E-state index is -1.02. The van der Waals surface area contributed by atoms with Crippen LogP contribution in [0.4, 0.5) is 5.82 Å². The van der Waals surface area contributed by atoms with E-state index < -0.39 is 23.3 Å². The van der Waals surface area contributed by atoms with Crippen LogP contribution in [0, 0.1) is 5.41 Å². The molecule has 2 unspecified atom stereocenters. The zero-order chi connectivity index (χ0) is 14.0. The number of aliphatic carboxylic acids is 1. The zero-order valence-electron chi connectivity index (χ0n) is 10.4. The third-order valence-corrected chi connectivity index (χ3v) is 3.31. The summed E-state index contributed by atoms with van der Waals surface area (Å²) in [5.74, 6) is -1.10. The van der Waals surface area contributed by atoms with E-state index in [0.717, 1.165) is 0 Å². The van der Waals surface area contributed by atoms with Gasteiger partial charge in [0.2, 0.25) is 5.91 Å². The Kier molecular flexibility index (Phi) is 3.39. The maximum absolute atomic E-state index is 11.3. The second-order valence-electron chi connectivity index (χ2n) is 4.73. The van der Waals surface area contributed by atoms with E-state index in [1.165, 1.54) is 18.3 Å². The zero-order valence-corrected chi connectivity index (χ0v) is 10.4. The number of hydrogen-bond donors (Lipinski definition) is 3. The molecule has 0 radical (unpaired) electrons. The molecule has 0 bridgehead atoms. The molecule has 19 heavy (non-hydrogen) atoms. The van der Waals surface area contributed by atoms with E-state index in [1.807, 2.05) is 0 Å². The third-order valence-electron chi connectivity index (χ3n) is 3.31. The summed E-state index contributed by atoms with van der Waals surface area (Å²) in [6, 6.07) is 2.57. The van der Waals surface area contributed by atoms with Gasteiger partial charge in [-0.25, -0.2) is 4.98 Å². The van der Waals surface area contributed by atoms with Crippen LogP contribution in [-0.2, 0) is 9.53 Å². The van der Waals surface area contributed by atoms with E-state index in [0.29, 0.717) is 11.4 Å². The monoisotopic (exact) mass is 265 g/mol. The van der Waals surface area contributed by atoms with Gasteiger partial charge in [-0.1, -0.05) is 0 Å². The number of aromatic nitrogens is 1. The minimum Gasteiger partial charge on any atom is -0.481 e. The maximum Gasteiger partial charge on any atom is 0.313 e. The summed E-state index contributed by atoms with van der Waals surface area (Å²) in [5, 5.41) is 12.2. The molecule has 7 heteroatoms. The van der Waals surface area contributed by atoms with Crippen molar-refractivity contribution in [3.63, 3.8) is 0 Å². The van der Waals surface area contributed by atoms with Crippen LogP contribution in [0.25, 0.3) is 0 Å². The number of ether oxygens (including phenoxy) is 1. The van der Waals surface area contributed by atoms with Gasteiger partial charge in [-0.05, 0) is 19.1 Å². The highest BCUT2D eigenvalue weighted by molar-refractivity contribution is 5.93. The topological polar surface area (TPSA) is 115 Å². The fourth-order valence-corrected chi connectivity index (χ4v) is 1.93. The van der Waals surface area contributed by atoms with Crippen LogP contribution in [0.5, 0.6) is 0 Å². The van der Waals surface area contributed by atoms with Crippen LogP contribution < -0.4 is 11.1 Å². The van der Waals surface area contributed by atoms with E-state index >= 15 is 0 Å². The predicted octanol–water partition coefficient (Wildman–Crippen LogP) is 0.0821. The van der Waals surface area contributed by atoms with Crippen LogP contribution >= 0.6 is 0 Å². The molecule has 1 aromatic heterocycles. The first-order valence-corrected chi connectivity index (χ1v) is 5.77. The molecule has 7 nitrogen and oxygen atoms in total. The number of anilines is 1. The molecule has 2 heterocycles. The van der Waals surface area contributed by atoms with E-state index in [4.69, 9.17) is 10.5 Å². The van der Waals surface area contributed by atoms with Gasteiger partial charge in [-0.3, -0.25) is 9.59 Å². The average Bonchev–Trinajstić information content (AvgIpc) is 2.73. The number of amides is 1. The molecule has 1 aliphatic heterocycles. The lowest BCUT2D eigenvalue weighted by molar-refractivity contribution is -0.148. The predicted molar refractivity (Wildman–Crippen MR) is 66.7 cm³/mol. The lowest BCUT2D eigenvalue weighted by Gasteiger charge is -2.25. The molecule has 1 aliphatic rings. The molecular formula is C12H15N3O4. The van der Waals surface area contributed by atoms with Gasteiger partial charge in [0.1, 0.15) is 11.2 Å². The van der Waals surface area contributed by atoms with E-state index in [-0.39, 0.29) is 13.2 Å². The number of nitrogens with one attached hydrogen (secondary N) is 1. The molecular weight excluding hydrogens is 250 g/mol. The number of rotatable bonds is 4. The highest BCUT2D eigenvalue weighted by Gasteiger charge is 2.46. The lowest BCUT2D eigenvalue weighted by Crippen LogP contribution is -2.43. The number of hydrogen-bond acceptors (Lipinski definition) is 5. The first kappa shape index (κ1) is 13.3. The number of carboxylic acids is 1. The molecule has 2 rings (SSSR count). The van der Waals surface area contributed by atoms with Gasteiger partial charge in [0.15, 0.2) is 0 Å². The normalized spacial score (nSPS) is 26.1. The first-order chi connectivity index (χ1) is 8.93. The van der Waals surface area contributed by atoms with Crippen molar-refractivity contribution in [2.45, 2.75) is 13.0 Å². The number of carboxylic acid groups (broad SMARTS) is 1. The Balaban J connectivity index is 2.19.